The lowest BCUT2D eigenvalue weighted by atomic mass is 9.82. The summed E-state index contributed by atoms with van der Waals surface area (Å²) in [5.41, 5.74) is 8.98. The monoisotopic (exact) mass is 517 g/mol. The van der Waals surface area contributed by atoms with E-state index >= 15 is 0 Å². The summed E-state index contributed by atoms with van der Waals surface area (Å²) in [5.74, 6) is 0. The smallest absolute Gasteiger partial charge is 0.0476 e. The Balaban J connectivity index is 1.33. The van der Waals surface area contributed by atoms with Crippen molar-refractivity contribution in [2.75, 3.05) is 4.90 Å². The van der Waals surface area contributed by atoms with E-state index in [9.17, 15) is 0 Å². The van der Waals surface area contributed by atoms with Crippen LogP contribution in [0.5, 0.6) is 0 Å². The third kappa shape index (κ3) is 3.32. The molecule has 1 aromatic heterocycles. The van der Waals surface area contributed by atoms with E-state index in [4.69, 9.17) is 0 Å². The molecule has 0 N–H and O–H groups in total. The van der Waals surface area contributed by atoms with Crippen LogP contribution in [0.15, 0.2) is 127 Å². The molecule has 0 atom stereocenters. The van der Waals surface area contributed by atoms with Crippen molar-refractivity contribution in [1.82, 2.24) is 0 Å². The zero-order chi connectivity index (χ0) is 26.1. The Morgan fingerprint density at radius 1 is 0.513 bits per heavy atom. The van der Waals surface area contributed by atoms with Crippen LogP contribution < -0.4 is 4.90 Å². The maximum absolute atomic E-state index is 2.41. The molecule has 39 heavy (non-hydrogen) atoms. The lowest BCUT2D eigenvalue weighted by molar-refractivity contribution is 0.660. The highest BCUT2D eigenvalue weighted by Crippen LogP contribution is 2.51. The zero-order valence-corrected chi connectivity index (χ0v) is 22.8. The summed E-state index contributed by atoms with van der Waals surface area (Å²) < 4.78 is 2.65. The minimum absolute atomic E-state index is 0.0409. The minimum Gasteiger partial charge on any atom is -0.310 e. The summed E-state index contributed by atoms with van der Waals surface area (Å²) in [7, 11) is 0. The number of anilines is 3. The van der Waals surface area contributed by atoms with Gasteiger partial charge in [-0.25, -0.2) is 0 Å². The molecule has 0 radical (unpaired) electrons. The largest absolute Gasteiger partial charge is 0.310 e. The third-order valence-electron chi connectivity index (χ3n) is 8.44. The van der Waals surface area contributed by atoms with Gasteiger partial charge in [0, 0.05) is 42.6 Å². The number of benzene rings is 6. The SMILES string of the molecule is CC1(C)c2ccccc2-c2ccc(N(c3ccccc3)c3ccc4c(c3)sc3ccc5ccccc5c34)cc21. The number of para-hydroxylation sites is 1. The van der Waals surface area contributed by atoms with Crippen LogP contribution >= 0.6 is 11.3 Å². The van der Waals surface area contributed by atoms with E-state index in [1.54, 1.807) is 0 Å². The highest BCUT2D eigenvalue weighted by Gasteiger charge is 2.35. The van der Waals surface area contributed by atoms with Gasteiger partial charge < -0.3 is 4.90 Å². The first-order valence-electron chi connectivity index (χ1n) is 13.5. The maximum Gasteiger partial charge on any atom is 0.0476 e. The molecular weight excluding hydrogens is 490 g/mol. The predicted octanol–water partition coefficient (Wildman–Crippen LogP) is 11.0. The lowest BCUT2D eigenvalue weighted by Crippen LogP contribution is -2.16. The summed E-state index contributed by atoms with van der Waals surface area (Å²) in [5, 5.41) is 5.31. The highest BCUT2D eigenvalue weighted by atomic mass is 32.1. The molecule has 6 aromatic carbocycles. The highest BCUT2D eigenvalue weighted by molar-refractivity contribution is 7.26. The van der Waals surface area contributed by atoms with E-state index < -0.39 is 0 Å². The van der Waals surface area contributed by atoms with Crippen LogP contribution in [-0.2, 0) is 5.41 Å². The molecule has 1 aliphatic carbocycles. The molecule has 0 fully saturated rings. The van der Waals surface area contributed by atoms with Crippen molar-refractivity contribution < 1.29 is 0 Å². The second-order valence-electron chi connectivity index (χ2n) is 11.0. The van der Waals surface area contributed by atoms with Gasteiger partial charge in [-0.2, -0.15) is 0 Å². The topological polar surface area (TPSA) is 3.24 Å². The first-order chi connectivity index (χ1) is 19.1. The van der Waals surface area contributed by atoms with Gasteiger partial charge in [-0.1, -0.05) is 98.8 Å². The van der Waals surface area contributed by atoms with E-state index in [2.05, 4.69) is 146 Å². The molecule has 0 spiro atoms. The summed E-state index contributed by atoms with van der Waals surface area (Å²) in [4.78, 5) is 2.40. The standard InChI is InChI=1S/C37H27NS/c1-37(2)32-15-9-8-14-29(32)30-19-17-26(22-33(30)37)38(25-11-4-3-5-12-25)27-18-20-31-35(23-27)39-34-21-16-24-10-6-7-13-28(24)36(31)34/h3-23H,1-2H3. The van der Waals surface area contributed by atoms with E-state index in [1.807, 2.05) is 11.3 Å². The van der Waals surface area contributed by atoms with E-state index in [0.29, 0.717) is 0 Å². The van der Waals surface area contributed by atoms with Gasteiger partial charge in [-0.05, 0) is 75.5 Å². The molecule has 0 amide bonds. The Kier molecular flexibility index (Phi) is 4.80. The van der Waals surface area contributed by atoms with Crippen LogP contribution in [0.2, 0.25) is 0 Å². The Hall–Kier alpha value is -4.40. The second kappa shape index (κ2) is 8.30. The van der Waals surface area contributed by atoms with Gasteiger partial charge in [0.05, 0.1) is 0 Å². The Morgan fingerprint density at radius 3 is 2.13 bits per heavy atom. The molecule has 0 bridgehead atoms. The number of thiophene rings is 1. The third-order valence-corrected chi connectivity index (χ3v) is 9.56. The van der Waals surface area contributed by atoms with Crippen LogP contribution in [0.3, 0.4) is 0 Å². The van der Waals surface area contributed by atoms with Gasteiger partial charge in [0.1, 0.15) is 0 Å². The Bertz CT molecular complexity index is 2050. The van der Waals surface area contributed by atoms with Crippen molar-refractivity contribution in [2.24, 2.45) is 0 Å². The van der Waals surface area contributed by atoms with E-state index in [0.717, 1.165) is 5.69 Å². The fourth-order valence-electron chi connectivity index (χ4n) is 6.53. The van der Waals surface area contributed by atoms with Crippen LogP contribution in [0.25, 0.3) is 42.1 Å². The van der Waals surface area contributed by atoms with E-state index in [-0.39, 0.29) is 5.41 Å². The minimum atomic E-state index is -0.0409. The van der Waals surface area contributed by atoms with Gasteiger partial charge in [0.25, 0.3) is 0 Å². The molecule has 2 heteroatoms. The Morgan fingerprint density at radius 2 is 1.23 bits per heavy atom. The predicted molar refractivity (Wildman–Crippen MR) is 169 cm³/mol. The maximum atomic E-state index is 2.41. The van der Waals surface area contributed by atoms with Crippen molar-refractivity contribution in [2.45, 2.75) is 19.3 Å². The quantitative estimate of drug-likeness (QED) is 0.225. The molecule has 186 valence electrons. The van der Waals surface area contributed by atoms with Crippen molar-refractivity contribution in [1.29, 1.82) is 0 Å². The number of hydrogen-bond donors (Lipinski definition) is 0. The molecule has 0 saturated heterocycles. The van der Waals surface area contributed by atoms with Gasteiger partial charge >= 0.3 is 0 Å². The fraction of sp³-hybridized carbons (Fsp3) is 0.0811. The average molecular weight is 518 g/mol. The van der Waals surface area contributed by atoms with Crippen LogP contribution in [0.4, 0.5) is 17.1 Å². The molecule has 1 nitrogen and oxygen atoms in total. The molecule has 8 rings (SSSR count). The first kappa shape index (κ1) is 22.6. The summed E-state index contributed by atoms with van der Waals surface area (Å²) in [6.45, 7) is 4.70. The molecule has 1 heterocycles. The van der Waals surface area contributed by atoms with Crippen molar-refractivity contribution >= 4 is 59.3 Å². The number of fused-ring (bicyclic) bond motifs is 8. The van der Waals surface area contributed by atoms with Gasteiger partial charge in [0.15, 0.2) is 0 Å². The average Bonchev–Trinajstić information content (AvgIpc) is 3.46. The molecule has 0 saturated carbocycles. The van der Waals surface area contributed by atoms with Crippen LogP contribution in [-0.4, -0.2) is 0 Å². The van der Waals surface area contributed by atoms with E-state index in [1.165, 1.54) is 64.6 Å². The lowest BCUT2D eigenvalue weighted by Gasteiger charge is -2.28. The fourth-order valence-corrected chi connectivity index (χ4v) is 7.68. The molecular formula is C37H27NS. The van der Waals surface area contributed by atoms with Crippen LogP contribution in [0, 0.1) is 0 Å². The summed E-state index contributed by atoms with van der Waals surface area (Å²) in [6.07, 6.45) is 0. The van der Waals surface area contributed by atoms with Crippen molar-refractivity contribution in [3.8, 4) is 11.1 Å². The van der Waals surface area contributed by atoms with Crippen LogP contribution in [0.1, 0.15) is 25.0 Å². The normalized spacial score (nSPS) is 13.6. The second-order valence-corrected chi connectivity index (χ2v) is 12.1. The Labute approximate surface area is 232 Å². The summed E-state index contributed by atoms with van der Waals surface area (Å²) in [6, 6.07) is 46.8. The van der Waals surface area contributed by atoms with Crippen molar-refractivity contribution in [3.63, 3.8) is 0 Å². The number of nitrogens with zero attached hydrogens (tertiary/aromatic N) is 1. The summed E-state index contributed by atoms with van der Waals surface area (Å²) >= 11 is 1.88. The van der Waals surface area contributed by atoms with Gasteiger partial charge in [-0.15, -0.1) is 11.3 Å². The number of hydrogen-bond acceptors (Lipinski definition) is 2. The number of rotatable bonds is 3. The first-order valence-corrected chi connectivity index (χ1v) is 14.3. The van der Waals surface area contributed by atoms with Gasteiger partial charge in [0.2, 0.25) is 0 Å². The molecule has 0 aliphatic heterocycles. The van der Waals surface area contributed by atoms with Crippen molar-refractivity contribution in [3.05, 3.63) is 139 Å². The molecule has 0 unspecified atom stereocenters. The van der Waals surface area contributed by atoms with Gasteiger partial charge in [-0.3, -0.25) is 0 Å². The molecule has 1 aliphatic rings. The zero-order valence-electron chi connectivity index (χ0n) is 22.0. The molecule has 7 aromatic rings.